The molecular formula is C19H30N2. The van der Waals surface area contributed by atoms with Crippen molar-refractivity contribution in [2.75, 3.05) is 11.9 Å². The highest BCUT2D eigenvalue weighted by Gasteiger charge is 2.33. The van der Waals surface area contributed by atoms with E-state index in [1.54, 1.807) is 0 Å². The maximum atomic E-state index is 3.96. The zero-order chi connectivity index (χ0) is 14.7. The SMILES string of the molecule is CCc1cccc(C)c1NC1CCCCC1C1CCCN1. The summed E-state index contributed by atoms with van der Waals surface area (Å²) in [6.45, 7) is 5.72. The van der Waals surface area contributed by atoms with E-state index in [2.05, 4.69) is 42.7 Å². The lowest BCUT2D eigenvalue weighted by atomic mass is 9.79. The lowest BCUT2D eigenvalue weighted by Gasteiger charge is -2.37. The third-order valence-electron chi connectivity index (χ3n) is 5.50. The first kappa shape index (κ1) is 14.9. The van der Waals surface area contributed by atoms with Crippen LogP contribution < -0.4 is 10.6 Å². The molecule has 3 rings (SSSR count). The molecule has 0 spiro atoms. The zero-order valence-corrected chi connectivity index (χ0v) is 13.6. The molecule has 2 N–H and O–H groups in total. The Labute approximate surface area is 129 Å². The van der Waals surface area contributed by atoms with Crippen LogP contribution in [0.25, 0.3) is 0 Å². The van der Waals surface area contributed by atoms with Crippen molar-refractivity contribution in [2.45, 2.75) is 70.9 Å². The van der Waals surface area contributed by atoms with Gasteiger partial charge in [0.05, 0.1) is 0 Å². The van der Waals surface area contributed by atoms with E-state index in [0.29, 0.717) is 6.04 Å². The summed E-state index contributed by atoms with van der Waals surface area (Å²) >= 11 is 0. The number of nitrogens with one attached hydrogen (secondary N) is 2. The first-order chi connectivity index (χ1) is 10.3. The molecule has 2 fully saturated rings. The van der Waals surface area contributed by atoms with Crippen LogP contribution in [0.15, 0.2) is 18.2 Å². The van der Waals surface area contributed by atoms with Gasteiger partial charge in [0, 0.05) is 17.8 Å². The summed E-state index contributed by atoms with van der Waals surface area (Å²) in [6, 6.07) is 8.11. The van der Waals surface area contributed by atoms with Gasteiger partial charge in [-0.3, -0.25) is 0 Å². The highest BCUT2D eigenvalue weighted by atomic mass is 15.0. The number of benzene rings is 1. The normalized spacial score (nSPS) is 29.5. The van der Waals surface area contributed by atoms with Gasteiger partial charge in [0.15, 0.2) is 0 Å². The second-order valence-electron chi connectivity index (χ2n) is 6.86. The van der Waals surface area contributed by atoms with Crippen molar-refractivity contribution in [1.29, 1.82) is 0 Å². The molecule has 2 heteroatoms. The van der Waals surface area contributed by atoms with Gasteiger partial charge in [-0.1, -0.05) is 38.0 Å². The van der Waals surface area contributed by atoms with Crippen LogP contribution in [0.4, 0.5) is 5.69 Å². The van der Waals surface area contributed by atoms with Gasteiger partial charge in [0.1, 0.15) is 0 Å². The van der Waals surface area contributed by atoms with Gasteiger partial charge < -0.3 is 10.6 Å². The lowest BCUT2D eigenvalue weighted by Crippen LogP contribution is -2.43. The van der Waals surface area contributed by atoms with E-state index in [0.717, 1.165) is 18.4 Å². The van der Waals surface area contributed by atoms with Crippen LogP contribution >= 0.6 is 0 Å². The Bertz CT molecular complexity index is 463. The molecule has 1 saturated heterocycles. The van der Waals surface area contributed by atoms with Crippen LogP contribution in [0.5, 0.6) is 0 Å². The third kappa shape index (κ3) is 3.26. The van der Waals surface area contributed by atoms with E-state index in [1.807, 2.05) is 0 Å². The van der Waals surface area contributed by atoms with Crippen molar-refractivity contribution in [3.05, 3.63) is 29.3 Å². The Morgan fingerprint density at radius 2 is 2.00 bits per heavy atom. The van der Waals surface area contributed by atoms with E-state index in [-0.39, 0.29) is 0 Å². The summed E-state index contributed by atoms with van der Waals surface area (Å²) in [7, 11) is 0. The first-order valence-electron chi connectivity index (χ1n) is 8.88. The summed E-state index contributed by atoms with van der Waals surface area (Å²) in [5.74, 6) is 0.811. The minimum atomic E-state index is 0.653. The van der Waals surface area contributed by atoms with Crippen molar-refractivity contribution in [3.8, 4) is 0 Å². The predicted octanol–water partition coefficient (Wildman–Crippen LogP) is 4.28. The van der Waals surface area contributed by atoms with E-state index in [4.69, 9.17) is 0 Å². The van der Waals surface area contributed by atoms with Gasteiger partial charge in [-0.05, 0) is 62.6 Å². The number of hydrogen-bond acceptors (Lipinski definition) is 2. The van der Waals surface area contributed by atoms with Crippen molar-refractivity contribution in [3.63, 3.8) is 0 Å². The van der Waals surface area contributed by atoms with Crippen LogP contribution in [-0.4, -0.2) is 18.6 Å². The predicted molar refractivity (Wildman–Crippen MR) is 91.0 cm³/mol. The molecule has 1 aliphatic carbocycles. The molecule has 3 unspecified atom stereocenters. The minimum Gasteiger partial charge on any atom is -0.382 e. The van der Waals surface area contributed by atoms with Crippen molar-refractivity contribution < 1.29 is 0 Å². The maximum absolute atomic E-state index is 3.96. The highest BCUT2D eigenvalue weighted by Crippen LogP contribution is 2.34. The van der Waals surface area contributed by atoms with Gasteiger partial charge in [-0.2, -0.15) is 0 Å². The van der Waals surface area contributed by atoms with Crippen LogP contribution in [0.1, 0.15) is 56.6 Å². The van der Waals surface area contributed by atoms with Crippen LogP contribution in [0.3, 0.4) is 0 Å². The minimum absolute atomic E-state index is 0.653. The van der Waals surface area contributed by atoms with E-state index >= 15 is 0 Å². The number of para-hydroxylation sites is 1. The molecule has 1 aliphatic heterocycles. The van der Waals surface area contributed by atoms with E-state index < -0.39 is 0 Å². The number of rotatable bonds is 4. The topological polar surface area (TPSA) is 24.1 Å². The highest BCUT2D eigenvalue weighted by molar-refractivity contribution is 5.58. The van der Waals surface area contributed by atoms with E-state index in [1.165, 1.54) is 61.9 Å². The van der Waals surface area contributed by atoms with Crippen molar-refractivity contribution in [1.82, 2.24) is 5.32 Å². The molecule has 1 saturated carbocycles. The molecule has 0 radical (unpaired) electrons. The Kier molecular flexibility index (Phi) is 4.84. The summed E-state index contributed by atoms with van der Waals surface area (Å²) in [5, 5.41) is 7.70. The molecule has 0 amide bonds. The molecular weight excluding hydrogens is 256 g/mol. The molecule has 2 aliphatic rings. The number of hydrogen-bond donors (Lipinski definition) is 2. The Morgan fingerprint density at radius 1 is 1.14 bits per heavy atom. The second-order valence-corrected chi connectivity index (χ2v) is 6.86. The fourth-order valence-electron chi connectivity index (χ4n) is 4.31. The monoisotopic (exact) mass is 286 g/mol. The zero-order valence-electron chi connectivity index (χ0n) is 13.6. The molecule has 0 bridgehead atoms. The summed E-state index contributed by atoms with van der Waals surface area (Å²) in [5.41, 5.74) is 4.28. The van der Waals surface area contributed by atoms with Crippen LogP contribution in [0.2, 0.25) is 0 Å². The van der Waals surface area contributed by atoms with Crippen LogP contribution in [-0.2, 0) is 6.42 Å². The summed E-state index contributed by atoms with van der Waals surface area (Å²) in [6.07, 6.45) is 9.37. The average Bonchev–Trinajstić information content (AvgIpc) is 3.04. The van der Waals surface area contributed by atoms with Crippen LogP contribution in [0, 0.1) is 12.8 Å². The third-order valence-corrected chi connectivity index (χ3v) is 5.50. The summed E-state index contributed by atoms with van der Waals surface area (Å²) < 4.78 is 0. The largest absolute Gasteiger partial charge is 0.382 e. The molecule has 1 heterocycles. The molecule has 0 aromatic heterocycles. The lowest BCUT2D eigenvalue weighted by molar-refractivity contribution is 0.262. The average molecular weight is 286 g/mol. The Hall–Kier alpha value is -1.02. The first-order valence-corrected chi connectivity index (χ1v) is 8.88. The van der Waals surface area contributed by atoms with Gasteiger partial charge >= 0.3 is 0 Å². The standard InChI is InChI=1S/C19H30N2/c1-3-15-9-6-8-14(2)19(15)21-18-11-5-4-10-16(18)17-12-7-13-20-17/h6,8-9,16-18,20-21H,3-5,7,10-13H2,1-2H3. The van der Waals surface area contributed by atoms with Gasteiger partial charge in [-0.15, -0.1) is 0 Å². The molecule has 3 atom stereocenters. The number of aryl methyl sites for hydroxylation is 2. The van der Waals surface area contributed by atoms with Gasteiger partial charge in [0.25, 0.3) is 0 Å². The molecule has 2 nitrogen and oxygen atoms in total. The number of anilines is 1. The quantitative estimate of drug-likeness (QED) is 0.863. The van der Waals surface area contributed by atoms with Crippen molar-refractivity contribution in [2.24, 2.45) is 5.92 Å². The smallest absolute Gasteiger partial charge is 0.0404 e. The molecule has 21 heavy (non-hydrogen) atoms. The Balaban J connectivity index is 1.78. The fraction of sp³-hybridized carbons (Fsp3) is 0.684. The summed E-state index contributed by atoms with van der Waals surface area (Å²) in [4.78, 5) is 0. The second kappa shape index (κ2) is 6.83. The molecule has 1 aromatic rings. The molecule has 1 aromatic carbocycles. The van der Waals surface area contributed by atoms with Gasteiger partial charge in [-0.25, -0.2) is 0 Å². The maximum Gasteiger partial charge on any atom is 0.0404 e. The van der Waals surface area contributed by atoms with E-state index in [9.17, 15) is 0 Å². The Morgan fingerprint density at radius 3 is 2.76 bits per heavy atom. The molecule has 116 valence electrons. The van der Waals surface area contributed by atoms with Gasteiger partial charge in [0.2, 0.25) is 0 Å². The fourth-order valence-corrected chi connectivity index (χ4v) is 4.31. The van der Waals surface area contributed by atoms with Crippen molar-refractivity contribution >= 4 is 5.69 Å².